The summed E-state index contributed by atoms with van der Waals surface area (Å²) in [5.41, 5.74) is 2.41. The summed E-state index contributed by atoms with van der Waals surface area (Å²) in [5.74, 6) is 0. The number of aromatic amines is 1. The summed E-state index contributed by atoms with van der Waals surface area (Å²) < 4.78 is 4.06. The van der Waals surface area contributed by atoms with Crippen molar-refractivity contribution >= 4 is 44.5 Å². The minimum absolute atomic E-state index is 0.131. The first-order chi connectivity index (χ1) is 17.2. The Labute approximate surface area is 215 Å². The molecule has 5 aromatic heterocycles. The summed E-state index contributed by atoms with van der Waals surface area (Å²) in [4.78, 5) is 24.7. The first kappa shape index (κ1) is 22.9. The van der Waals surface area contributed by atoms with Crippen LogP contribution < -0.4 is 5.56 Å². The normalized spacial score (nSPS) is 12.7. The Morgan fingerprint density at radius 2 is 1.69 bits per heavy atom. The van der Waals surface area contributed by atoms with Gasteiger partial charge < -0.3 is 19.2 Å². The monoisotopic (exact) mass is 515 g/mol. The van der Waals surface area contributed by atoms with E-state index in [1.54, 1.807) is 42.7 Å². The van der Waals surface area contributed by atoms with Crippen LogP contribution >= 0.6 is 22.7 Å². The van der Waals surface area contributed by atoms with E-state index >= 15 is 0 Å². The second kappa shape index (κ2) is 7.99. The molecule has 0 atom stereocenters. The Kier molecular flexibility index (Phi) is 5.08. The van der Waals surface area contributed by atoms with Gasteiger partial charge in [-0.3, -0.25) is 4.79 Å². The fourth-order valence-electron chi connectivity index (χ4n) is 5.11. The molecule has 0 saturated carbocycles. The molecule has 1 aromatic carbocycles. The van der Waals surface area contributed by atoms with Crippen LogP contribution in [0.2, 0.25) is 0 Å². The summed E-state index contributed by atoms with van der Waals surface area (Å²) in [6.07, 6.45) is 9.34. The van der Waals surface area contributed by atoms with Crippen LogP contribution in [0.3, 0.4) is 0 Å². The fraction of sp³-hybridized carbons (Fsp3) is 0.222. The first-order valence-electron chi connectivity index (χ1n) is 11.5. The second-order valence-corrected chi connectivity index (χ2v) is 11.5. The Morgan fingerprint density at radius 1 is 1.00 bits per heavy atom. The average molecular weight is 516 g/mol. The van der Waals surface area contributed by atoms with Crippen LogP contribution in [-0.2, 0) is 18.2 Å². The van der Waals surface area contributed by atoms with Crippen molar-refractivity contribution in [3.05, 3.63) is 91.9 Å². The van der Waals surface area contributed by atoms with E-state index in [9.17, 15) is 9.90 Å². The van der Waals surface area contributed by atoms with Crippen molar-refractivity contribution in [2.45, 2.75) is 31.9 Å². The molecule has 0 unspecified atom stereocenters. The van der Waals surface area contributed by atoms with Gasteiger partial charge in [0.1, 0.15) is 21.1 Å². The van der Waals surface area contributed by atoms with Crippen LogP contribution in [0.4, 0.5) is 0 Å². The van der Waals surface area contributed by atoms with Gasteiger partial charge >= 0.3 is 0 Å². The maximum Gasteiger partial charge on any atom is 0.272 e. The largest absolute Gasteiger partial charge is 0.386 e. The number of aliphatic hydroxyl groups is 1. The molecule has 0 fully saturated rings. The molecule has 0 spiro atoms. The van der Waals surface area contributed by atoms with Crippen molar-refractivity contribution in [3.8, 4) is 11.1 Å². The van der Waals surface area contributed by atoms with Gasteiger partial charge in [0, 0.05) is 65.1 Å². The van der Waals surface area contributed by atoms with E-state index in [1.807, 2.05) is 53.1 Å². The van der Waals surface area contributed by atoms with Gasteiger partial charge in [-0.2, -0.15) is 0 Å². The van der Waals surface area contributed by atoms with Gasteiger partial charge in [0.2, 0.25) is 0 Å². The predicted molar refractivity (Wildman–Crippen MR) is 146 cm³/mol. The van der Waals surface area contributed by atoms with E-state index in [0.717, 1.165) is 43.0 Å². The smallest absolute Gasteiger partial charge is 0.272 e. The molecule has 0 amide bonds. The molecule has 2 N–H and O–H groups in total. The number of aromatic nitrogens is 5. The quantitative estimate of drug-likeness (QED) is 0.320. The molecule has 9 heteroatoms. The molecule has 0 aliphatic heterocycles. The molecular formula is C27H25N5O2S2. The van der Waals surface area contributed by atoms with Gasteiger partial charge in [0.15, 0.2) is 0 Å². The summed E-state index contributed by atoms with van der Waals surface area (Å²) in [7, 11) is 1.88. The van der Waals surface area contributed by atoms with E-state index < -0.39 is 11.1 Å². The summed E-state index contributed by atoms with van der Waals surface area (Å²) in [6.45, 7) is 5.74. The molecule has 0 saturated heterocycles. The van der Waals surface area contributed by atoms with Crippen LogP contribution in [0.25, 0.3) is 32.9 Å². The van der Waals surface area contributed by atoms with Gasteiger partial charge in [-0.25, -0.2) is 9.97 Å². The van der Waals surface area contributed by atoms with E-state index in [2.05, 4.69) is 44.8 Å². The molecular weight excluding hydrogens is 490 g/mol. The van der Waals surface area contributed by atoms with Crippen LogP contribution in [-0.4, -0.2) is 29.2 Å². The highest BCUT2D eigenvalue weighted by Crippen LogP contribution is 2.42. The molecule has 0 aliphatic rings. The van der Waals surface area contributed by atoms with Crippen molar-refractivity contribution in [2.24, 2.45) is 7.05 Å². The lowest BCUT2D eigenvalue weighted by atomic mass is 9.90. The predicted octanol–water partition coefficient (Wildman–Crippen LogP) is 5.44. The zero-order chi connectivity index (χ0) is 25.2. The Hall–Kier alpha value is -3.53. The number of thiazole rings is 2. The maximum atomic E-state index is 12.6. The van der Waals surface area contributed by atoms with Crippen molar-refractivity contribution in [1.82, 2.24) is 24.1 Å². The highest BCUT2D eigenvalue weighted by Gasteiger charge is 2.38. The maximum absolute atomic E-state index is 12.6. The number of nitrogens with one attached hydrogen (secondary N) is 1. The lowest BCUT2D eigenvalue weighted by Crippen LogP contribution is -2.32. The van der Waals surface area contributed by atoms with Crippen molar-refractivity contribution in [1.29, 1.82) is 0 Å². The molecule has 0 radical (unpaired) electrons. The molecule has 0 aliphatic carbocycles. The third kappa shape index (κ3) is 3.31. The number of pyridine rings is 1. The van der Waals surface area contributed by atoms with Crippen LogP contribution in [0, 0.1) is 0 Å². The molecule has 5 heterocycles. The Morgan fingerprint density at radius 3 is 2.31 bits per heavy atom. The molecule has 7 nitrogen and oxygen atoms in total. The summed E-state index contributed by atoms with van der Waals surface area (Å²) in [5, 5.41) is 18.9. The van der Waals surface area contributed by atoms with E-state index in [0.29, 0.717) is 5.52 Å². The van der Waals surface area contributed by atoms with Crippen molar-refractivity contribution in [3.63, 3.8) is 0 Å². The highest BCUT2D eigenvalue weighted by molar-refractivity contribution is 7.11. The molecule has 0 bridgehead atoms. The molecule has 36 heavy (non-hydrogen) atoms. The third-order valence-electron chi connectivity index (χ3n) is 6.86. The number of hydrogen-bond acceptors (Lipinski definition) is 6. The van der Waals surface area contributed by atoms with Gasteiger partial charge in [-0.05, 0) is 56.2 Å². The minimum atomic E-state index is -1.08. The number of benzene rings is 1. The van der Waals surface area contributed by atoms with E-state index in [-0.39, 0.29) is 5.56 Å². The van der Waals surface area contributed by atoms with Gasteiger partial charge in [-0.1, -0.05) is 0 Å². The second-order valence-electron chi connectivity index (χ2n) is 9.67. The highest BCUT2D eigenvalue weighted by atomic mass is 32.1. The van der Waals surface area contributed by atoms with E-state index in [1.165, 1.54) is 0 Å². The molecule has 6 aromatic rings. The van der Waals surface area contributed by atoms with E-state index in [4.69, 9.17) is 0 Å². The minimum Gasteiger partial charge on any atom is -0.386 e. The standard InChI is InChI=1S/C27H25N5O2S2/c1-26(2,34)20-13-16(19-15-31(4)22-17(19)5-7-28-23(22)33)14-21-18(20)6-10-32(21)27(3,24-29-8-11-35-24)25-30-9-12-36-25/h5-15,34H,1-4H3,(H,28,33). The Balaban J connectivity index is 1.70. The number of aryl methyl sites for hydroxylation is 1. The lowest BCUT2D eigenvalue weighted by molar-refractivity contribution is 0.0802. The van der Waals surface area contributed by atoms with Gasteiger partial charge in [-0.15, -0.1) is 22.7 Å². The molecule has 6 rings (SSSR count). The van der Waals surface area contributed by atoms with Crippen LogP contribution in [0.5, 0.6) is 0 Å². The Bertz CT molecular complexity index is 1730. The molecule has 182 valence electrons. The lowest BCUT2D eigenvalue weighted by Gasteiger charge is -2.29. The first-order valence-corrected chi connectivity index (χ1v) is 13.3. The fourth-order valence-corrected chi connectivity index (χ4v) is 6.77. The number of nitrogens with zero attached hydrogens (tertiary/aromatic N) is 4. The third-order valence-corrected chi connectivity index (χ3v) is 8.83. The van der Waals surface area contributed by atoms with Gasteiger partial charge in [0.05, 0.1) is 11.1 Å². The van der Waals surface area contributed by atoms with Crippen molar-refractivity contribution < 1.29 is 5.11 Å². The van der Waals surface area contributed by atoms with Crippen LogP contribution in [0.15, 0.2) is 70.8 Å². The van der Waals surface area contributed by atoms with Crippen LogP contribution in [0.1, 0.15) is 36.3 Å². The number of rotatable bonds is 5. The van der Waals surface area contributed by atoms with Gasteiger partial charge in [0.25, 0.3) is 5.56 Å². The summed E-state index contributed by atoms with van der Waals surface area (Å²) in [6, 6.07) is 8.15. The zero-order valence-corrected chi connectivity index (χ0v) is 21.9. The SMILES string of the molecule is Cn1cc(-c2cc(C(C)(C)O)c3ccn(C(C)(c4nccs4)c4nccs4)c3c2)c2cc[nH]c(=O)c21. The summed E-state index contributed by atoms with van der Waals surface area (Å²) >= 11 is 3.19. The number of hydrogen-bond donors (Lipinski definition) is 2. The number of fused-ring (bicyclic) bond motifs is 2. The topological polar surface area (TPSA) is 88.7 Å². The average Bonchev–Trinajstić information content (AvgIpc) is 3.64. The zero-order valence-electron chi connectivity index (χ0n) is 20.3. The van der Waals surface area contributed by atoms with Crippen molar-refractivity contribution in [2.75, 3.05) is 0 Å². The number of H-pyrrole nitrogens is 1.